The van der Waals surface area contributed by atoms with Crippen molar-refractivity contribution in [2.45, 2.75) is 33.3 Å². The van der Waals surface area contributed by atoms with Crippen LogP contribution in [0.4, 0.5) is 0 Å². The topological polar surface area (TPSA) is 33.0 Å². The summed E-state index contributed by atoms with van der Waals surface area (Å²) < 4.78 is 5.13. The predicted octanol–water partition coefficient (Wildman–Crippen LogP) is 1.96. The summed E-state index contributed by atoms with van der Waals surface area (Å²) in [6.07, 6.45) is 0.939. The molecular formula is C8H15NO. The number of nitriles is 1. The van der Waals surface area contributed by atoms with Gasteiger partial charge in [-0.1, -0.05) is 6.92 Å². The van der Waals surface area contributed by atoms with Crippen molar-refractivity contribution in [1.82, 2.24) is 0 Å². The van der Waals surface area contributed by atoms with E-state index in [9.17, 15) is 0 Å². The van der Waals surface area contributed by atoms with Gasteiger partial charge in [0.25, 0.3) is 0 Å². The molecule has 10 heavy (non-hydrogen) atoms. The second-order valence-corrected chi connectivity index (χ2v) is 2.97. The molecule has 0 radical (unpaired) electrons. The minimum absolute atomic E-state index is 0.0532. The summed E-state index contributed by atoms with van der Waals surface area (Å²) in [6, 6.07) is 2.22. The molecule has 0 amide bonds. The average molecular weight is 141 g/mol. The molecule has 0 saturated heterocycles. The van der Waals surface area contributed by atoms with Crippen LogP contribution in [0.1, 0.15) is 27.2 Å². The van der Waals surface area contributed by atoms with E-state index in [0.29, 0.717) is 0 Å². The first kappa shape index (κ1) is 9.45. The van der Waals surface area contributed by atoms with Crippen LogP contribution in [-0.4, -0.2) is 13.2 Å². The molecule has 0 aromatic carbocycles. The largest absolute Gasteiger partial charge is 0.380 e. The number of hydrogen-bond donors (Lipinski definition) is 0. The lowest BCUT2D eigenvalue weighted by Crippen LogP contribution is -2.28. The Labute approximate surface area is 62.8 Å². The fourth-order valence-corrected chi connectivity index (χ4v) is 1.04. The summed E-state index contributed by atoms with van der Waals surface area (Å²) in [7, 11) is 1.65. The van der Waals surface area contributed by atoms with E-state index >= 15 is 0 Å². The first-order valence-electron chi connectivity index (χ1n) is 3.52. The van der Waals surface area contributed by atoms with E-state index < -0.39 is 0 Å². The lowest BCUT2D eigenvalue weighted by Gasteiger charge is -2.24. The Morgan fingerprint density at radius 1 is 1.60 bits per heavy atom. The highest BCUT2D eigenvalue weighted by atomic mass is 16.5. The Bertz CT molecular complexity index is 131. The molecule has 1 atom stereocenters. The number of ether oxygens (including phenoxy) is 1. The molecule has 2 heteroatoms. The summed E-state index contributed by atoms with van der Waals surface area (Å²) in [5.74, 6) is 0. The SMILES string of the molecule is CCC(OC)C(C)(C)C#N. The van der Waals surface area contributed by atoms with Crippen LogP contribution < -0.4 is 0 Å². The van der Waals surface area contributed by atoms with Crippen LogP contribution >= 0.6 is 0 Å². The molecule has 0 aliphatic carbocycles. The standard InChI is InChI=1S/C8H15NO/c1-5-7(10-4)8(2,3)6-9/h7H,5H2,1-4H3. The van der Waals surface area contributed by atoms with E-state index in [-0.39, 0.29) is 11.5 Å². The molecular weight excluding hydrogens is 126 g/mol. The van der Waals surface area contributed by atoms with Crippen LogP contribution in [0.2, 0.25) is 0 Å². The fourth-order valence-electron chi connectivity index (χ4n) is 1.04. The maximum atomic E-state index is 8.70. The van der Waals surface area contributed by atoms with Crippen LogP contribution in [0.15, 0.2) is 0 Å². The fraction of sp³-hybridized carbons (Fsp3) is 0.875. The molecule has 0 rings (SSSR count). The second-order valence-electron chi connectivity index (χ2n) is 2.97. The third-order valence-electron chi connectivity index (χ3n) is 1.75. The summed E-state index contributed by atoms with van der Waals surface area (Å²) in [6.45, 7) is 5.81. The number of methoxy groups -OCH3 is 1. The smallest absolute Gasteiger partial charge is 0.0778 e. The summed E-state index contributed by atoms with van der Waals surface area (Å²) in [4.78, 5) is 0. The third kappa shape index (κ3) is 2.00. The van der Waals surface area contributed by atoms with Crippen LogP contribution in [0.25, 0.3) is 0 Å². The summed E-state index contributed by atoms with van der Waals surface area (Å²) >= 11 is 0. The van der Waals surface area contributed by atoms with Crippen molar-refractivity contribution in [2.75, 3.05) is 7.11 Å². The van der Waals surface area contributed by atoms with Crippen molar-refractivity contribution in [2.24, 2.45) is 5.41 Å². The monoisotopic (exact) mass is 141 g/mol. The number of rotatable bonds is 3. The van der Waals surface area contributed by atoms with E-state index in [0.717, 1.165) is 6.42 Å². The zero-order valence-corrected chi connectivity index (χ0v) is 7.14. The van der Waals surface area contributed by atoms with Crippen LogP contribution in [0, 0.1) is 16.7 Å². The van der Waals surface area contributed by atoms with Crippen molar-refractivity contribution >= 4 is 0 Å². The molecule has 0 heterocycles. The molecule has 0 bridgehead atoms. The molecule has 0 saturated carbocycles. The molecule has 0 N–H and O–H groups in total. The van der Waals surface area contributed by atoms with Crippen LogP contribution in [0.3, 0.4) is 0 Å². The Kier molecular flexibility index (Phi) is 3.38. The maximum absolute atomic E-state index is 8.70. The second kappa shape index (κ2) is 3.58. The normalized spacial score (nSPS) is 14.3. The van der Waals surface area contributed by atoms with Gasteiger partial charge in [-0.05, 0) is 20.3 Å². The van der Waals surface area contributed by atoms with Crippen molar-refractivity contribution in [3.8, 4) is 6.07 Å². The summed E-state index contributed by atoms with van der Waals surface area (Å²) in [5, 5.41) is 8.70. The highest BCUT2D eigenvalue weighted by Gasteiger charge is 2.27. The Hall–Kier alpha value is -0.550. The molecule has 58 valence electrons. The third-order valence-corrected chi connectivity index (χ3v) is 1.75. The molecule has 2 nitrogen and oxygen atoms in total. The van der Waals surface area contributed by atoms with E-state index in [4.69, 9.17) is 10.00 Å². The van der Waals surface area contributed by atoms with Crippen molar-refractivity contribution < 1.29 is 4.74 Å². The van der Waals surface area contributed by atoms with E-state index in [1.54, 1.807) is 7.11 Å². The lowest BCUT2D eigenvalue weighted by atomic mass is 9.87. The zero-order valence-electron chi connectivity index (χ0n) is 7.14. The van der Waals surface area contributed by atoms with Crippen LogP contribution in [0.5, 0.6) is 0 Å². The maximum Gasteiger partial charge on any atom is 0.0778 e. The molecule has 0 aromatic heterocycles. The van der Waals surface area contributed by atoms with Crippen molar-refractivity contribution in [1.29, 1.82) is 5.26 Å². The van der Waals surface area contributed by atoms with Crippen LogP contribution in [-0.2, 0) is 4.74 Å². The molecule has 0 fully saturated rings. The molecule has 0 spiro atoms. The molecule has 0 aliphatic rings. The quantitative estimate of drug-likeness (QED) is 0.602. The van der Waals surface area contributed by atoms with Gasteiger partial charge >= 0.3 is 0 Å². The average Bonchev–Trinajstić information content (AvgIpc) is 1.90. The lowest BCUT2D eigenvalue weighted by molar-refractivity contribution is 0.0324. The van der Waals surface area contributed by atoms with Gasteiger partial charge in [-0.2, -0.15) is 5.26 Å². The molecule has 1 unspecified atom stereocenters. The first-order valence-corrected chi connectivity index (χ1v) is 3.52. The van der Waals surface area contributed by atoms with E-state index in [1.165, 1.54) is 0 Å². The van der Waals surface area contributed by atoms with Gasteiger partial charge in [0, 0.05) is 7.11 Å². The zero-order chi connectivity index (χ0) is 8.20. The van der Waals surface area contributed by atoms with Gasteiger partial charge in [0.2, 0.25) is 0 Å². The Balaban J connectivity index is 4.15. The Morgan fingerprint density at radius 2 is 2.10 bits per heavy atom. The van der Waals surface area contributed by atoms with Crippen molar-refractivity contribution in [3.05, 3.63) is 0 Å². The highest BCUT2D eigenvalue weighted by Crippen LogP contribution is 2.23. The van der Waals surface area contributed by atoms with Gasteiger partial charge in [0.15, 0.2) is 0 Å². The van der Waals surface area contributed by atoms with Gasteiger partial charge in [0.1, 0.15) is 0 Å². The van der Waals surface area contributed by atoms with Gasteiger partial charge < -0.3 is 4.74 Å². The van der Waals surface area contributed by atoms with Gasteiger partial charge in [-0.25, -0.2) is 0 Å². The van der Waals surface area contributed by atoms with Gasteiger partial charge in [0.05, 0.1) is 17.6 Å². The van der Waals surface area contributed by atoms with Gasteiger partial charge in [-0.3, -0.25) is 0 Å². The summed E-state index contributed by atoms with van der Waals surface area (Å²) in [5.41, 5.74) is -0.358. The van der Waals surface area contributed by atoms with Gasteiger partial charge in [-0.15, -0.1) is 0 Å². The first-order chi connectivity index (χ1) is 4.58. The molecule has 0 aliphatic heterocycles. The number of nitrogens with zero attached hydrogens (tertiary/aromatic N) is 1. The number of hydrogen-bond acceptors (Lipinski definition) is 2. The Morgan fingerprint density at radius 3 is 2.20 bits per heavy atom. The van der Waals surface area contributed by atoms with E-state index in [1.807, 2.05) is 20.8 Å². The minimum atomic E-state index is -0.358. The molecule has 0 aromatic rings. The van der Waals surface area contributed by atoms with Crippen molar-refractivity contribution in [3.63, 3.8) is 0 Å². The minimum Gasteiger partial charge on any atom is -0.380 e. The predicted molar refractivity (Wildman–Crippen MR) is 40.5 cm³/mol. The highest BCUT2D eigenvalue weighted by molar-refractivity contribution is 4.97. The van der Waals surface area contributed by atoms with E-state index in [2.05, 4.69) is 6.07 Å².